The van der Waals surface area contributed by atoms with Gasteiger partial charge in [0, 0.05) is 29.9 Å². The topological polar surface area (TPSA) is 134 Å². The third kappa shape index (κ3) is 6.95. The normalized spacial score (nSPS) is 15.5. The fourth-order valence-corrected chi connectivity index (χ4v) is 3.96. The maximum atomic E-state index is 13.7. The lowest BCUT2D eigenvalue weighted by atomic mass is 10.0. The number of carboxylic acids is 1. The molecule has 0 radical (unpaired) electrons. The molecular formula is C24H28F3N5O3. The Labute approximate surface area is 200 Å². The molecule has 11 heteroatoms. The molecule has 0 saturated carbocycles. The van der Waals surface area contributed by atoms with Gasteiger partial charge in [-0.1, -0.05) is 18.2 Å². The Morgan fingerprint density at radius 1 is 1.09 bits per heavy atom. The Morgan fingerprint density at radius 3 is 2.34 bits per heavy atom. The lowest BCUT2D eigenvalue weighted by Gasteiger charge is -2.31. The van der Waals surface area contributed by atoms with Crippen molar-refractivity contribution in [2.45, 2.75) is 44.4 Å². The second-order valence-electron chi connectivity index (χ2n) is 8.35. The number of aliphatic imine (C=N–C) groups is 1. The smallest absolute Gasteiger partial charge is 0.416 e. The van der Waals surface area contributed by atoms with Crippen LogP contribution in [0.5, 0.6) is 0 Å². The van der Waals surface area contributed by atoms with Crippen molar-refractivity contribution in [2.75, 3.05) is 18.0 Å². The summed E-state index contributed by atoms with van der Waals surface area (Å²) in [6.07, 6.45) is -1.62. The molecule has 2 aromatic carbocycles. The van der Waals surface area contributed by atoms with Crippen molar-refractivity contribution in [1.82, 2.24) is 5.32 Å². The van der Waals surface area contributed by atoms with E-state index in [0.717, 1.165) is 25.3 Å². The van der Waals surface area contributed by atoms with E-state index in [1.807, 2.05) is 4.90 Å². The summed E-state index contributed by atoms with van der Waals surface area (Å²) in [5.74, 6) is -2.04. The molecule has 188 valence electrons. The van der Waals surface area contributed by atoms with Gasteiger partial charge in [0.05, 0.1) is 12.1 Å². The first kappa shape index (κ1) is 26.0. The number of carboxylic acid groups (broad SMARTS) is 1. The van der Waals surface area contributed by atoms with Crippen molar-refractivity contribution in [2.24, 2.45) is 16.5 Å². The fraction of sp³-hybridized carbons (Fsp3) is 0.375. The van der Waals surface area contributed by atoms with Crippen LogP contribution in [0.25, 0.3) is 0 Å². The van der Waals surface area contributed by atoms with Crippen molar-refractivity contribution < 1.29 is 27.9 Å². The zero-order valence-electron chi connectivity index (χ0n) is 19.0. The van der Waals surface area contributed by atoms with Crippen LogP contribution in [-0.4, -0.2) is 42.1 Å². The molecule has 3 rings (SSSR count). The van der Waals surface area contributed by atoms with Crippen LogP contribution in [0.1, 0.15) is 46.3 Å². The minimum absolute atomic E-state index is 0.0122. The summed E-state index contributed by atoms with van der Waals surface area (Å²) < 4.78 is 41.1. The molecule has 0 unspecified atom stereocenters. The number of piperidine rings is 1. The summed E-state index contributed by atoms with van der Waals surface area (Å²) in [5.41, 5.74) is 11.9. The van der Waals surface area contributed by atoms with Gasteiger partial charge in [-0.2, -0.15) is 13.2 Å². The monoisotopic (exact) mass is 491 g/mol. The minimum Gasteiger partial charge on any atom is -0.480 e. The minimum atomic E-state index is -4.56. The molecule has 6 N–H and O–H groups in total. The third-order valence-corrected chi connectivity index (χ3v) is 5.79. The van der Waals surface area contributed by atoms with Crippen LogP contribution in [0.2, 0.25) is 0 Å². The molecule has 1 atom stereocenters. The van der Waals surface area contributed by atoms with Crippen LogP contribution in [-0.2, 0) is 23.9 Å². The number of anilines is 1. The van der Waals surface area contributed by atoms with E-state index in [4.69, 9.17) is 16.6 Å². The predicted octanol–water partition coefficient (Wildman–Crippen LogP) is 2.89. The molecule has 1 aliphatic heterocycles. The van der Waals surface area contributed by atoms with E-state index >= 15 is 0 Å². The molecule has 1 aliphatic rings. The highest BCUT2D eigenvalue weighted by atomic mass is 19.4. The van der Waals surface area contributed by atoms with Gasteiger partial charge in [-0.25, -0.2) is 4.99 Å². The summed E-state index contributed by atoms with van der Waals surface area (Å²) in [6, 6.07) is 9.07. The van der Waals surface area contributed by atoms with Gasteiger partial charge in [-0.3, -0.25) is 14.9 Å². The Kier molecular flexibility index (Phi) is 8.34. The zero-order chi connectivity index (χ0) is 25.6. The number of carbonyl (C=O) groups excluding carboxylic acids is 1. The Bertz CT molecular complexity index is 1080. The van der Waals surface area contributed by atoms with Crippen LogP contribution in [0, 0.1) is 0 Å². The number of amides is 1. The van der Waals surface area contributed by atoms with Crippen molar-refractivity contribution in [3.8, 4) is 0 Å². The number of carbonyl (C=O) groups is 2. The molecule has 0 aliphatic carbocycles. The molecule has 35 heavy (non-hydrogen) atoms. The van der Waals surface area contributed by atoms with E-state index in [1.165, 1.54) is 18.2 Å². The van der Waals surface area contributed by atoms with Gasteiger partial charge in [0.15, 0.2) is 5.96 Å². The van der Waals surface area contributed by atoms with Crippen LogP contribution >= 0.6 is 0 Å². The SMILES string of the molecule is NC(=NCc1c(N2CCCCC2)cccc1C(F)(F)F)NC(=O)c1ccc(C[C@H](N)C(=O)O)cc1. The first-order valence-electron chi connectivity index (χ1n) is 11.2. The number of alkyl halides is 3. The van der Waals surface area contributed by atoms with Gasteiger partial charge in [-0.05, 0) is 55.5 Å². The standard InChI is InChI=1S/C24H28F3N5O3/c25-24(26,27)18-5-4-6-20(32-11-2-1-3-12-32)17(18)14-30-23(29)31-21(33)16-9-7-15(8-10-16)13-19(28)22(34)35/h4-10,19H,1-3,11-14,28H2,(H,34,35)(H3,29,30,31,33)/t19-/m0/s1. The van der Waals surface area contributed by atoms with E-state index in [1.54, 1.807) is 18.2 Å². The number of guanidine groups is 1. The number of hydrogen-bond donors (Lipinski definition) is 4. The lowest BCUT2D eigenvalue weighted by Crippen LogP contribution is -2.37. The van der Waals surface area contributed by atoms with Gasteiger partial charge >= 0.3 is 12.1 Å². The van der Waals surface area contributed by atoms with Crippen LogP contribution < -0.4 is 21.7 Å². The van der Waals surface area contributed by atoms with Gasteiger partial charge in [0.1, 0.15) is 6.04 Å². The van der Waals surface area contributed by atoms with Crippen molar-refractivity contribution in [1.29, 1.82) is 0 Å². The van der Waals surface area contributed by atoms with Crippen molar-refractivity contribution >= 4 is 23.5 Å². The number of hydrogen-bond acceptors (Lipinski definition) is 5. The summed E-state index contributed by atoms with van der Waals surface area (Å²) in [7, 11) is 0. The number of aliphatic carboxylic acids is 1. The van der Waals surface area contributed by atoms with E-state index < -0.39 is 29.7 Å². The average molecular weight is 492 g/mol. The second-order valence-corrected chi connectivity index (χ2v) is 8.35. The van der Waals surface area contributed by atoms with Crippen molar-refractivity contribution in [3.05, 3.63) is 64.7 Å². The summed E-state index contributed by atoms with van der Waals surface area (Å²) in [6.45, 7) is 0.981. The van der Waals surface area contributed by atoms with Crippen LogP contribution in [0.3, 0.4) is 0 Å². The number of rotatable bonds is 7. The lowest BCUT2D eigenvalue weighted by molar-refractivity contribution is -0.139. The van der Waals surface area contributed by atoms with E-state index in [-0.39, 0.29) is 30.1 Å². The third-order valence-electron chi connectivity index (χ3n) is 5.79. The average Bonchev–Trinajstić information content (AvgIpc) is 2.82. The Morgan fingerprint density at radius 2 is 1.74 bits per heavy atom. The largest absolute Gasteiger partial charge is 0.480 e. The van der Waals surface area contributed by atoms with Gasteiger partial charge < -0.3 is 21.5 Å². The molecule has 8 nitrogen and oxygen atoms in total. The summed E-state index contributed by atoms with van der Waals surface area (Å²) in [5, 5.41) is 11.3. The maximum Gasteiger partial charge on any atom is 0.416 e. The number of benzene rings is 2. The molecule has 1 amide bonds. The predicted molar refractivity (Wildman–Crippen MR) is 126 cm³/mol. The fourth-order valence-electron chi connectivity index (χ4n) is 3.96. The van der Waals surface area contributed by atoms with E-state index in [2.05, 4.69) is 10.3 Å². The molecule has 0 bridgehead atoms. The van der Waals surface area contributed by atoms with E-state index in [9.17, 15) is 22.8 Å². The quantitative estimate of drug-likeness (QED) is 0.348. The van der Waals surface area contributed by atoms with Gasteiger partial charge in [0.25, 0.3) is 5.91 Å². The van der Waals surface area contributed by atoms with Gasteiger partial charge in [0.2, 0.25) is 0 Å². The number of nitrogens with two attached hydrogens (primary N) is 2. The number of nitrogens with one attached hydrogen (secondary N) is 1. The van der Waals surface area contributed by atoms with Crippen LogP contribution in [0.15, 0.2) is 47.5 Å². The maximum absolute atomic E-state index is 13.7. The van der Waals surface area contributed by atoms with E-state index in [0.29, 0.717) is 24.3 Å². The Balaban J connectivity index is 1.74. The highest BCUT2D eigenvalue weighted by Crippen LogP contribution is 2.37. The molecule has 1 saturated heterocycles. The molecule has 0 spiro atoms. The highest BCUT2D eigenvalue weighted by Gasteiger charge is 2.35. The first-order valence-corrected chi connectivity index (χ1v) is 11.2. The summed E-state index contributed by atoms with van der Waals surface area (Å²) in [4.78, 5) is 29.3. The molecule has 1 heterocycles. The van der Waals surface area contributed by atoms with Crippen LogP contribution in [0.4, 0.5) is 18.9 Å². The molecular weight excluding hydrogens is 463 g/mol. The summed E-state index contributed by atoms with van der Waals surface area (Å²) >= 11 is 0. The second kappa shape index (κ2) is 11.2. The van der Waals surface area contributed by atoms with Crippen molar-refractivity contribution in [3.63, 3.8) is 0 Å². The number of halogens is 3. The van der Waals surface area contributed by atoms with Gasteiger partial charge in [-0.15, -0.1) is 0 Å². The number of nitrogens with zero attached hydrogens (tertiary/aromatic N) is 2. The highest BCUT2D eigenvalue weighted by molar-refractivity contribution is 6.05. The Hall–Kier alpha value is -3.60. The zero-order valence-corrected chi connectivity index (χ0v) is 19.0. The molecule has 0 aromatic heterocycles. The molecule has 1 fully saturated rings. The molecule has 2 aromatic rings. The first-order chi connectivity index (χ1) is 16.6.